The fourth-order valence-electron chi connectivity index (χ4n) is 2.62. The van der Waals surface area contributed by atoms with Gasteiger partial charge >= 0.3 is 0 Å². The number of benzene rings is 1. The number of nitrogens with one attached hydrogen (secondary N) is 1. The zero-order chi connectivity index (χ0) is 14.8. The third-order valence-corrected chi connectivity index (χ3v) is 4.87. The summed E-state index contributed by atoms with van der Waals surface area (Å²) in [4.78, 5) is 19.0. The van der Waals surface area contributed by atoms with E-state index in [1.807, 2.05) is 23.2 Å². The second-order valence-corrected chi connectivity index (χ2v) is 6.39. The molecule has 0 aliphatic carbocycles. The van der Waals surface area contributed by atoms with Crippen LogP contribution in [0.1, 0.15) is 29.3 Å². The van der Waals surface area contributed by atoms with Gasteiger partial charge in [-0.2, -0.15) is 0 Å². The summed E-state index contributed by atoms with van der Waals surface area (Å²) in [5.41, 5.74) is 3.40. The second kappa shape index (κ2) is 5.85. The number of carbonyl (C=O) groups excluding carboxylic acids is 1. The summed E-state index contributed by atoms with van der Waals surface area (Å²) in [6, 6.07) is 6.23. The van der Waals surface area contributed by atoms with Gasteiger partial charge in [0.1, 0.15) is 0 Å². The molecular weight excluding hydrogens is 282 g/mol. The third kappa shape index (κ3) is 2.93. The molecule has 110 valence electrons. The summed E-state index contributed by atoms with van der Waals surface area (Å²) in [6.07, 6.45) is 3.87. The van der Waals surface area contributed by atoms with Gasteiger partial charge in [-0.05, 0) is 36.6 Å². The molecule has 4 nitrogen and oxygen atoms in total. The highest BCUT2D eigenvalue weighted by molar-refractivity contribution is 7.11. The maximum atomic E-state index is 11.5. The molecule has 1 aromatic heterocycles. The average Bonchev–Trinajstić information content (AvgIpc) is 3.11. The van der Waals surface area contributed by atoms with E-state index in [1.165, 1.54) is 15.4 Å². The average molecular weight is 301 g/mol. The number of fused-ring (bicyclic) bond motifs is 1. The van der Waals surface area contributed by atoms with Crippen molar-refractivity contribution in [1.82, 2.24) is 4.98 Å². The molecule has 2 aromatic rings. The molecule has 5 heteroatoms. The van der Waals surface area contributed by atoms with Crippen molar-refractivity contribution >= 4 is 28.6 Å². The molecule has 1 N–H and O–H groups in total. The summed E-state index contributed by atoms with van der Waals surface area (Å²) in [6.45, 7) is 5.34. The number of hydrogen-bond donors (Lipinski definition) is 1. The minimum Gasteiger partial charge on any atom is -0.380 e. The molecule has 0 fully saturated rings. The Morgan fingerprint density at radius 2 is 2.33 bits per heavy atom. The van der Waals surface area contributed by atoms with Crippen LogP contribution in [0.4, 0.5) is 11.4 Å². The van der Waals surface area contributed by atoms with Gasteiger partial charge in [0, 0.05) is 35.9 Å². The summed E-state index contributed by atoms with van der Waals surface area (Å²) < 4.78 is 0. The van der Waals surface area contributed by atoms with Gasteiger partial charge in [-0.3, -0.25) is 4.79 Å². The summed E-state index contributed by atoms with van der Waals surface area (Å²) in [5, 5.41) is 4.62. The van der Waals surface area contributed by atoms with E-state index in [-0.39, 0.29) is 5.91 Å². The van der Waals surface area contributed by atoms with E-state index in [0.29, 0.717) is 0 Å². The van der Waals surface area contributed by atoms with Crippen molar-refractivity contribution in [3.8, 4) is 0 Å². The van der Waals surface area contributed by atoms with E-state index >= 15 is 0 Å². The van der Waals surface area contributed by atoms with Gasteiger partial charge in [0.05, 0.1) is 11.6 Å². The number of nitrogens with zero attached hydrogens (tertiary/aromatic N) is 2. The van der Waals surface area contributed by atoms with Crippen LogP contribution in [0.3, 0.4) is 0 Å². The Balaban J connectivity index is 1.69. The molecule has 0 radical (unpaired) electrons. The summed E-state index contributed by atoms with van der Waals surface area (Å²) in [5.74, 6) is 0.117. The predicted octanol–water partition coefficient (Wildman–Crippen LogP) is 3.23. The minimum absolute atomic E-state index is 0.117. The third-order valence-electron chi connectivity index (χ3n) is 3.73. The Kier molecular flexibility index (Phi) is 3.92. The van der Waals surface area contributed by atoms with Crippen molar-refractivity contribution in [2.24, 2.45) is 0 Å². The number of aromatic nitrogens is 1. The standard InChI is InChI=1S/C16H19N3OS/c1-3-16-18-10-14(21-16)9-17-13-4-5-15-12(8-13)6-7-19(15)11(2)20/h4-5,8,10,17H,3,6-7,9H2,1-2H3. The van der Waals surface area contributed by atoms with Crippen molar-refractivity contribution in [3.05, 3.63) is 39.8 Å². The number of thiazole rings is 1. The van der Waals surface area contributed by atoms with Gasteiger partial charge in [0.15, 0.2) is 0 Å². The highest BCUT2D eigenvalue weighted by atomic mass is 32.1. The number of anilines is 2. The van der Waals surface area contributed by atoms with Crippen LogP contribution in [-0.2, 0) is 24.2 Å². The smallest absolute Gasteiger partial charge is 0.223 e. The summed E-state index contributed by atoms with van der Waals surface area (Å²) in [7, 11) is 0. The van der Waals surface area contributed by atoms with E-state index in [1.54, 1.807) is 18.3 Å². The first-order valence-corrected chi connectivity index (χ1v) is 8.07. The van der Waals surface area contributed by atoms with Crippen molar-refractivity contribution < 1.29 is 4.79 Å². The van der Waals surface area contributed by atoms with Crippen molar-refractivity contribution in [2.45, 2.75) is 33.2 Å². The maximum absolute atomic E-state index is 11.5. The van der Waals surface area contributed by atoms with E-state index in [0.717, 1.165) is 37.3 Å². The van der Waals surface area contributed by atoms with Gasteiger partial charge < -0.3 is 10.2 Å². The van der Waals surface area contributed by atoms with Gasteiger partial charge in [-0.1, -0.05) is 6.92 Å². The SMILES string of the molecule is CCc1ncc(CNc2ccc3c(c2)CCN3C(C)=O)s1. The molecule has 0 spiro atoms. The Morgan fingerprint density at radius 1 is 1.48 bits per heavy atom. The molecular formula is C16H19N3OS. The Labute approximate surface area is 128 Å². The van der Waals surface area contributed by atoms with Crippen LogP contribution in [0, 0.1) is 0 Å². The lowest BCUT2D eigenvalue weighted by Crippen LogP contribution is -2.25. The van der Waals surface area contributed by atoms with Crippen LogP contribution < -0.4 is 10.2 Å². The van der Waals surface area contributed by atoms with Crippen LogP contribution in [0.25, 0.3) is 0 Å². The van der Waals surface area contributed by atoms with Gasteiger partial charge in [-0.25, -0.2) is 4.98 Å². The largest absolute Gasteiger partial charge is 0.380 e. The van der Waals surface area contributed by atoms with Crippen molar-refractivity contribution in [1.29, 1.82) is 0 Å². The van der Waals surface area contributed by atoms with Gasteiger partial charge in [0.2, 0.25) is 5.91 Å². The highest BCUT2D eigenvalue weighted by Gasteiger charge is 2.21. The molecule has 1 aromatic carbocycles. The number of aryl methyl sites for hydroxylation is 1. The zero-order valence-electron chi connectivity index (χ0n) is 12.3. The fraction of sp³-hybridized carbons (Fsp3) is 0.375. The lowest BCUT2D eigenvalue weighted by molar-refractivity contribution is -0.116. The van der Waals surface area contributed by atoms with Crippen LogP contribution in [0.15, 0.2) is 24.4 Å². The molecule has 0 unspecified atom stereocenters. The van der Waals surface area contributed by atoms with E-state index in [4.69, 9.17) is 0 Å². The normalized spacial score (nSPS) is 13.3. The van der Waals surface area contributed by atoms with E-state index < -0.39 is 0 Å². The van der Waals surface area contributed by atoms with E-state index in [9.17, 15) is 4.79 Å². The van der Waals surface area contributed by atoms with Crippen LogP contribution in [-0.4, -0.2) is 17.4 Å². The molecule has 1 aliphatic heterocycles. The number of hydrogen-bond acceptors (Lipinski definition) is 4. The number of amides is 1. The Bertz CT molecular complexity index is 665. The minimum atomic E-state index is 0.117. The topological polar surface area (TPSA) is 45.2 Å². The number of rotatable bonds is 4. The first-order chi connectivity index (χ1) is 10.2. The van der Waals surface area contributed by atoms with E-state index in [2.05, 4.69) is 23.3 Å². The monoisotopic (exact) mass is 301 g/mol. The van der Waals surface area contributed by atoms with Gasteiger partial charge in [-0.15, -0.1) is 11.3 Å². The fourth-order valence-corrected chi connectivity index (χ4v) is 3.42. The zero-order valence-corrected chi connectivity index (χ0v) is 13.2. The lowest BCUT2D eigenvalue weighted by atomic mass is 10.1. The lowest BCUT2D eigenvalue weighted by Gasteiger charge is -2.15. The quantitative estimate of drug-likeness (QED) is 0.943. The Morgan fingerprint density at radius 3 is 3.05 bits per heavy atom. The first kappa shape index (κ1) is 14.1. The van der Waals surface area contributed by atoms with Crippen LogP contribution >= 0.6 is 11.3 Å². The number of carbonyl (C=O) groups is 1. The maximum Gasteiger partial charge on any atom is 0.223 e. The molecule has 0 saturated carbocycles. The molecule has 1 aliphatic rings. The highest BCUT2D eigenvalue weighted by Crippen LogP contribution is 2.30. The van der Waals surface area contributed by atoms with Crippen LogP contribution in [0.2, 0.25) is 0 Å². The molecule has 0 bridgehead atoms. The first-order valence-electron chi connectivity index (χ1n) is 7.26. The molecule has 21 heavy (non-hydrogen) atoms. The van der Waals surface area contributed by atoms with Crippen LogP contribution in [0.5, 0.6) is 0 Å². The molecule has 0 atom stereocenters. The van der Waals surface area contributed by atoms with Gasteiger partial charge in [0.25, 0.3) is 0 Å². The molecule has 2 heterocycles. The molecule has 1 amide bonds. The van der Waals surface area contributed by atoms with Crippen molar-refractivity contribution in [2.75, 3.05) is 16.8 Å². The Hall–Kier alpha value is -1.88. The second-order valence-electron chi connectivity index (χ2n) is 5.19. The van der Waals surface area contributed by atoms with Crippen molar-refractivity contribution in [3.63, 3.8) is 0 Å². The summed E-state index contributed by atoms with van der Waals surface area (Å²) >= 11 is 1.76. The predicted molar refractivity (Wildman–Crippen MR) is 87.0 cm³/mol. The molecule has 3 rings (SSSR count). The molecule has 0 saturated heterocycles.